The number of unbranched alkanes of at least 4 members (excludes halogenated alkanes) is 2. The van der Waals surface area contributed by atoms with Crippen molar-refractivity contribution >= 4 is 45.6 Å². The minimum atomic E-state index is -3.69. The van der Waals surface area contributed by atoms with Gasteiger partial charge in [-0.05, 0) is 86.4 Å². The Labute approximate surface area is 242 Å². The molecule has 2 aliphatic heterocycles. The van der Waals surface area contributed by atoms with E-state index in [-0.39, 0.29) is 19.0 Å². The van der Waals surface area contributed by atoms with Gasteiger partial charge in [0.15, 0.2) is 0 Å². The fourth-order valence-corrected chi connectivity index (χ4v) is 6.44. The minimum Gasteiger partial charge on any atom is -0.351 e. The van der Waals surface area contributed by atoms with Crippen LogP contribution in [0.1, 0.15) is 60.8 Å². The highest BCUT2D eigenvalue weighted by Gasteiger charge is 2.46. The number of amidine groups is 1. The van der Waals surface area contributed by atoms with Crippen LogP contribution in [-0.4, -0.2) is 56.2 Å². The molecule has 2 aromatic rings. The Morgan fingerprint density at radius 2 is 1.76 bits per heavy atom. The first-order valence-corrected chi connectivity index (χ1v) is 15.5. The molecule has 218 valence electrons. The van der Waals surface area contributed by atoms with E-state index < -0.39 is 21.6 Å². The molecular formula is C31H39N5O4S. The number of benzene rings is 2. The van der Waals surface area contributed by atoms with Gasteiger partial charge in [0.25, 0.3) is 5.91 Å². The lowest BCUT2D eigenvalue weighted by molar-refractivity contribution is -0.124. The molecule has 1 saturated heterocycles. The number of hydrogen-bond donors (Lipinski definition) is 2. The highest BCUT2D eigenvalue weighted by Crippen LogP contribution is 2.32. The molecule has 0 radical (unpaired) electrons. The Morgan fingerprint density at radius 3 is 2.39 bits per heavy atom. The molecule has 3 amide bonds. The second kappa shape index (κ2) is 12.8. The summed E-state index contributed by atoms with van der Waals surface area (Å²) in [7, 11) is -2.11. The van der Waals surface area contributed by atoms with Crippen molar-refractivity contribution in [1.82, 2.24) is 9.62 Å². The smallest absolute Gasteiger partial charge is 0.318 e. The summed E-state index contributed by atoms with van der Waals surface area (Å²) in [5.41, 5.74) is 8.73. The number of primary amides is 1. The van der Waals surface area contributed by atoms with Crippen molar-refractivity contribution in [2.24, 2.45) is 10.7 Å². The lowest BCUT2D eigenvalue weighted by Crippen LogP contribution is -2.50. The van der Waals surface area contributed by atoms with E-state index in [1.165, 1.54) is 20.2 Å². The van der Waals surface area contributed by atoms with Crippen LogP contribution in [0.15, 0.2) is 58.9 Å². The summed E-state index contributed by atoms with van der Waals surface area (Å²) in [6.45, 7) is 4.17. The number of aliphatic imine (C=N–C) groups is 1. The largest absolute Gasteiger partial charge is 0.351 e. The highest BCUT2D eigenvalue weighted by atomic mass is 32.2. The van der Waals surface area contributed by atoms with E-state index in [4.69, 9.17) is 10.7 Å². The Balaban J connectivity index is 1.31. The SMILES string of the molecule is Cc1cc(N(C)C(N)=O)cc(C)c1/C=C/S(=O)(=O)N1CCC2(CC1)N=C(CCCC/C=C/c1ccccc1)NC2=O. The third-order valence-electron chi connectivity index (χ3n) is 7.79. The number of anilines is 1. The summed E-state index contributed by atoms with van der Waals surface area (Å²) in [5, 5.41) is 4.16. The van der Waals surface area contributed by atoms with Crippen LogP contribution in [0.25, 0.3) is 12.2 Å². The second-order valence-corrected chi connectivity index (χ2v) is 12.6. The zero-order chi connectivity index (χ0) is 29.6. The number of rotatable bonds is 10. The second-order valence-electron chi connectivity index (χ2n) is 10.7. The predicted molar refractivity (Wildman–Crippen MR) is 165 cm³/mol. The quantitative estimate of drug-likeness (QED) is 0.395. The molecule has 4 rings (SSSR count). The van der Waals surface area contributed by atoms with E-state index >= 15 is 0 Å². The van der Waals surface area contributed by atoms with Crippen LogP contribution in [0.2, 0.25) is 0 Å². The summed E-state index contributed by atoms with van der Waals surface area (Å²) in [4.78, 5) is 30.5. The molecule has 1 spiro atoms. The van der Waals surface area contributed by atoms with Gasteiger partial charge in [-0.3, -0.25) is 14.7 Å². The van der Waals surface area contributed by atoms with Crippen LogP contribution in [0.3, 0.4) is 0 Å². The molecule has 0 unspecified atom stereocenters. The van der Waals surface area contributed by atoms with E-state index in [1.54, 1.807) is 25.3 Å². The number of piperidine rings is 1. The lowest BCUT2D eigenvalue weighted by Gasteiger charge is -2.34. The maximum Gasteiger partial charge on any atom is 0.318 e. The van der Waals surface area contributed by atoms with Gasteiger partial charge < -0.3 is 11.1 Å². The summed E-state index contributed by atoms with van der Waals surface area (Å²) < 4.78 is 27.7. The zero-order valence-electron chi connectivity index (χ0n) is 24.0. The van der Waals surface area contributed by atoms with Crippen molar-refractivity contribution in [3.63, 3.8) is 0 Å². The molecule has 0 aliphatic carbocycles. The van der Waals surface area contributed by atoms with E-state index in [2.05, 4.69) is 29.6 Å². The molecule has 0 saturated carbocycles. The number of aryl methyl sites for hydroxylation is 2. The van der Waals surface area contributed by atoms with Gasteiger partial charge in [0.1, 0.15) is 11.4 Å². The molecule has 1 fully saturated rings. The standard InChI is InChI=1S/C31H39N5O4S/c1-23-21-26(35(3)30(32)38)22-24(2)27(23)15-20-41(39,40)36-18-16-31(17-19-36)29(37)33-28(34-31)14-10-5-4-7-11-25-12-8-6-9-13-25/h6-9,11-13,15,20-22H,4-5,10,14,16-19H2,1-3H3,(H2,32,38)(H,33,34,37)/b11-7+,20-15+. The van der Waals surface area contributed by atoms with Crippen molar-refractivity contribution in [2.45, 2.75) is 57.9 Å². The van der Waals surface area contributed by atoms with E-state index in [9.17, 15) is 18.0 Å². The van der Waals surface area contributed by atoms with Crippen LogP contribution < -0.4 is 16.0 Å². The van der Waals surface area contributed by atoms with Gasteiger partial charge in [-0.25, -0.2) is 13.2 Å². The Bertz CT molecular complexity index is 1450. The molecule has 2 heterocycles. The number of carbonyl (C=O) groups excluding carboxylic acids is 2. The normalized spacial score (nSPS) is 17.3. The Kier molecular flexibility index (Phi) is 9.45. The van der Waals surface area contributed by atoms with Crippen LogP contribution >= 0.6 is 0 Å². The maximum atomic E-state index is 13.1. The minimum absolute atomic E-state index is 0.128. The summed E-state index contributed by atoms with van der Waals surface area (Å²) in [6.07, 6.45) is 10.1. The van der Waals surface area contributed by atoms with Gasteiger partial charge in [-0.15, -0.1) is 0 Å². The first-order chi connectivity index (χ1) is 19.5. The number of nitrogens with one attached hydrogen (secondary N) is 1. The van der Waals surface area contributed by atoms with Crippen LogP contribution in [0.4, 0.5) is 10.5 Å². The fourth-order valence-electron chi connectivity index (χ4n) is 5.27. The Hall–Kier alpha value is -3.76. The average molecular weight is 578 g/mol. The fraction of sp³-hybridized carbons (Fsp3) is 0.387. The van der Waals surface area contributed by atoms with Gasteiger partial charge in [0.05, 0.1) is 0 Å². The number of urea groups is 1. The molecule has 2 aromatic carbocycles. The molecule has 10 heteroatoms. The van der Waals surface area contributed by atoms with Crippen molar-refractivity contribution in [3.05, 3.63) is 76.2 Å². The van der Waals surface area contributed by atoms with E-state index in [0.29, 0.717) is 30.8 Å². The third-order valence-corrected chi connectivity index (χ3v) is 9.35. The van der Waals surface area contributed by atoms with Gasteiger partial charge >= 0.3 is 6.03 Å². The number of hydrogen-bond acceptors (Lipinski definition) is 5. The van der Waals surface area contributed by atoms with Gasteiger partial charge in [-0.1, -0.05) is 42.5 Å². The summed E-state index contributed by atoms with van der Waals surface area (Å²) >= 11 is 0. The zero-order valence-corrected chi connectivity index (χ0v) is 24.8. The molecule has 41 heavy (non-hydrogen) atoms. The van der Waals surface area contributed by atoms with Crippen molar-refractivity contribution in [1.29, 1.82) is 0 Å². The molecule has 3 N–H and O–H groups in total. The number of carbonyl (C=O) groups is 2. The van der Waals surface area contributed by atoms with E-state index in [1.807, 2.05) is 32.0 Å². The average Bonchev–Trinajstić information content (AvgIpc) is 3.24. The predicted octanol–water partition coefficient (Wildman–Crippen LogP) is 4.76. The lowest BCUT2D eigenvalue weighted by atomic mass is 9.89. The van der Waals surface area contributed by atoms with E-state index in [0.717, 1.165) is 36.0 Å². The van der Waals surface area contributed by atoms with Crippen molar-refractivity contribution in [3.8, 4) is 0 Å². The molecule has 9 nitrogen and oxygen atoms in total. The molecule has 0 aromatic heterocycles. The number of sulfonamides is 1. The highest BCUT2D eigenvalue weighted by molar-refractivity contribution is 7.92. The monoisotopic (exact) mass is 577 g/mol. The first-order valence-electron chi connectivity index (χ1n) is 14.0. The maximum absolute atomic E-state index is 13.1. The Morgan fingerprint density at radius 1 is 1.10 bits per heavy atom. The number of nitrogens with zero attached hydrogens (tertiary/aromatic N) is 3. The molecule has 2 aliphatic rings. The van der Waals surface area contributed by atoms with Gasteiger partial charge in [0, 0.05) is 37.7 Å². The first kappa shape index (κ1) is 30.2. The molecular weight excluding hydrogens is 538 g/mol. The number of nitrogens with two attached hydrogens (primary N) is 1. The molecule has 0 bridgehead atoms. The summed E-state index contributed by atoms with van der Waals surface area (Å²) in [6, 6.07) is 13.2. The van der Waals surface area contributed by atoms with Crippen LogP contribution in [0, 0.1) is 13.8 Å². The third kappa shape index (κ3) is 7.31. The van der Waals surface area contributed by atoms with Gasteiger partial charge in [-0.2, -0.15) is 4.31 Å². The van der Waals surface area contributed by atoms with Crippen LogP contribution in [0.5, 0.6) is 0 Å². The van der Waals surface area contributed by atoms with Gasteiger partial charge in [0.2, 0.25) is 10.0 Å². The number of amides is 3. The summed E-state index contributed by atoms with van der Waals surface area (Å²) in [5.74, 6) is 0.575. The number of allylic oxidation sites excluding steroid dienone is 1. The molecule has 0 atom stereocenters. The van der Waals surface area contributed by atoms with Crippen molar-refractivity contribution in [2.75, 3.05) is 25.0 Å². The van der Waals surface area contributed by atoms with Crippen LogP contribution in [-0.2, 0) is 14.8 Å². The van der Waals surface area contributed by atoms with Crippen molar-refractivity contribution < 1.29 is 18.0 Å². The topological polar surface area (TPSA) is 125 Å².